The zero-order chi connectivity index (χ0) is 21.0. The van der Waals surface area contributed by atoms with Crippen LogP contribution in [-0.4, -0.2) is 51.8 Å². The van der Waals surface area contributed by atoms with Gasteiger partial charge in [-0.2, -0.15) is 0 Å². The number of ether oxygens (including phenoxy) is 2. The predicted octanol–water partition coefficient (Wildman–Crippen LogP) is 2.77. The van der Waals surface area contributed by atoms with Gasteiger partial charge in [0.15, 0.2) is 6.29 Å². The standard InChI is InChI=1S/C24H26N4O3/c29-24(20-11-10-18-6-4-5-7-19(18)14-20)27(17-23-30-12-13-31-23)15-21-16-28(26-25-21)22-8-2-1-3-9-22/h1-9,16,20,23H,10-15,17H2/t20-/m0/s1. The number of para-hydroxylation sites is 1. The fourth-order valence-corrected chi connectivity index (χ4v) is 4.37. The van der Waals surface area contributed by atoms with Crippen LogP contribution in [-0.2, 0) is 33.7 Å². The quantitative estimate of drug-likeness (QED) is 0.616. The highest BCUT2D eigenvalue weighted by atomic mass is 16.7. The van der Waals surface area contributed by atoms with E-state index in [-0.39, 0.29) is 18.1 Å². The lowest BCUT2D eigenvalue weighted by molar-refractivity contribution is -0.143. The molecule has 0 spiro atoms. The highest BCUT2D eigenvalue weighted by molar-refractivity contribution is 5.79. The van der Waals surface area contributed by atoms with E-state index in [2.05, 4.69) is 28.5 Å². The van der Waals surface area contributed by atoms with E-state index in [1.807, 2.05) is 47.5 Å². The minimum atomic E-state index is -0.385. The van der Waals surface area contributed by atoms with Gasteiger partial charge in [-0.1, -0.05) is 47.7 Å². The number of rotatable bonds is 6. The second kappa shape index (κ2) is 8.99. The van der Waals surface area contributed by atoms with Gasteiger partial charge in [0.1, 0.15) is 5.69 Å². The van der Waals surface area contributed by atoms with Crippen LogP contribution < -0.4 is 0 Å². The number of carbonyl (C=O) groups excluding carboxylic acids is 1. The van der Waals surface area contributed by atoms with Crippen molar-refractivity contribution in [2.45, 2.75) is 32.1 Å². The molecule has 1 fully saturated rings. The van der Waals surface area contributed by atoms with E-state index in [1.165, 1.54) is 11.1 Å². The van der Waals surface area contributed by atoms with E-state index in [4.69, 9.17) is 9.47 Å². The van der Waals surface area contributed by atoms with E-state index in [9.17, 15) is 4.79 Å². The van der Waals surface area contributed by atoms with Gasteiger partial charge in [-0.05, 0) is 42.5 Å². The molecule has 1 atom stereocenters. The van der Waals surface area contributed by atoms with Crippen molar-refractivity contribution in [3.8, 4) is 5.69 Å². The maximum atomic E-state index is 13.5. The molecule has 31 heavy (non-hydrogen) atoms. The third-order valence-electron chi connectivity index (χ3n) is 5.98. The van der Waals surface area contributed by atoms with Crippen LogP contribution >= 0.6 is 0 Å². The van der Waals surface area contributed by atoms with Gasteiger partial charge in [-0.3, -0.25) is 4.79 Å². The van der Waals surface area contributed by atoms with Crippen LogP contribution in [0.15, 0.2) is 60.8 Å². The number of nitrogens with zero attached hydrogens (tertiary/aromatic N) is 4. The molecule has 0 unspecified atom stereocenters. The number of fused-ring (bicyclic) bond motifs is 1. The normalized spacial score (nSPS) is 18.6. The van der Waals surface area contributed by atoms with Crippen LogP contribution in [0.5, 0.6) is 0 Å². The summed E-state index contributed by atoms with van der Waals surface area (Å²) in [5, 5.41) is 8.55. The number of aryl methyl sites for hydroxylation is 1. The molecular formula is C24H26N4O3. The number of carbonyl (C=O) groups is 1. The van der Waals surface area contributed by atoms with Crippen LogP contribution in [0.4, 0.5) is 0 Å². The molecule has 0 saturated carbocycles. The molecule has 1 aromatic heterocycles. The summed E-state index contributed by atoms with van der Waals surface area (Å²) in [6.07, 6.45) is 4.05. The van der Waals surface area contributed by atoms with E-state index >= 15 is 0 Å². The molecule has 2 aromatic carbocycles. The average Bonchev–Trinajstić information content (AvgIpc) is 3.51. The first kappa shape index (κ1) is 19.9. The zero-order valence-corrected chi connectivity index (χ0v) is 17.4. The summed E-state index contributed by atoms with van der Waals surface area (Å²) >= 11 is 0. The molecule has 1 saturated heterocycles. The van der Waals surface area contributed by atoms with Crippen molar-refractivity contribution in [1.82, 2.24) is 19.9 Å². The zero-order valence-electron chi connectivity index (χ0n) is 17.4. The molecule has 2 aliphatic rings. The van der Waals surface area contributed by atoms with E-state index in [0.717, 1.165) is 30.6 Å². The monoisotopic (exact) mass is 418 g/mol. The first-order valence-electron chi connectivity index (χ1n) is 10.8. The summed E-state index contributed by atoms with van der Waals surface area (Å²) in [6.45, 7) is 1.91. The molecule has 1 amide bonds. The number of benzene rings is 2. The van der Waals surface area contributed by atoms with Gasteiger partial charge < -0.3 is 14.4 Å². The lowest BCUT2D eigenvalue weighted by Crippen LogP contribution is -2.42. The highest BCUT2D eigenvalue weighted by Gasteiger charge is 2.31. The maximum absolute atomic E-state index is 13.5. The third-order valence-corrected chi connectivity index (χ3v) is 5.98. The molecule has 0 radical (unpaired) electrons. The smallest absolute Gasteiger partial charge is 0.226 e. The third kappa shape index (κ3) is 4.52. The molecule has 7 nitrogen and oxygen atoms in total. The predicted molar refractivity (Wildman–Crippen MR) is 114 cm³/mol. The minimum Gasteiger partial charge on any atom is -0.348 e. The van der Waals surface area contributed by atoms with Gasteiger partial charge in [-0.15, -0.1) is 5.10 Å². The topological polar surface area (TPSA) is 69.5 Å². The van der Waals surface area contributed by atoms with Gasteiger partial charge in [0.05, 0.1) is 38.2 Å². The first-order valence-corrected chi connectivity index (χ1v) is 10.8. The first-order chi connectivity index (χ1) is 15.3. The molecule has 2 heterocycles. The van der Waals surface area contributed by atoms with Gasteiger partial charge >= 0.3 is 0 Å². The Kier molecular flexibility index (Phi) is 5.78. The lowest BCUT2D eigenvalue weighted by atomic mass is 9.83. The second-order valence-electron chi connectivity index (χ2n) is 8.09. The van der Waals surface area contributed by atoms with Crippen molar-refractivity contribution in [2.75, 3.05) is 19.8 Å². The van der Waals surface area contributed by atoms with Crippen LogP contribution in [0.2, 0.25) is 0 Å². The van der Waals surface area contributed by atoms with E-state index in [0.29, 0.717) is 26.3 Å². The molecule has 160 valence electrons. The second-order valence-corrected chi connectivity index (χ2v) is 8.09. The Morgan fingerprint density at radius 3 is 2.58 bits per heavy atom. The van der Waals surface area contributed by atoms with Crippen molar-refractivity contribution in [1.29, 1.82) is 0 Å². The van der Waals surface area contributed by atoms with Gasteiger partial charge in [0.25, 0.3) is 0 Å². The molecular weight excluding hydrogens is 392 g/mol. The van der Waals surface area contributed by atoms with Crippen molar-refractivity contribution >= 4 is 5.91 Å². The maximum Gasteiger partial charge on any atom is 0.226 e. The van der Waals surface area contributed by atoms with Gasteiger partial charge in [0, 0.05) is 5.92 Å². The van der Waals surface area contributed by atoms with Crippen molar-refractivity contribution < 1.29 is 14.3 Å². The molecule has 0 N–H and O–H groups in total. The van der Waals surface area contributed by atoms with Crippen LogP contribution in [0, 0.1) is 5.92 Å². The summed E-state index contributed by atoms with van der Waals surface area (Å²) in [5.74, 6) is 0.0864. The summed E-state index contributed by atoms with van der Waals surface area (Å²) in [6, 6.07) is 18.2. The fraction of sp³-hybridized carbons (Fsp3) is 0.375. The molecule has 0 bridgehead atoms. The molecule has 5 rings (SSSR count). The molecule has 3 aromatic rings. The number of hydrogen-bond acceptors (Lipinski definition) is 5. The van der Waals surface area contributed by atoms with Crippen LogP contribution in [0.25, 0.3) is 5.69 Å². The number of hydrogen-bond donors (Lipinski definition) is 0. The summed E-state index contributed by atoms with van der Waals surface area (Å²) in [4.78, 5) is 15.4. The van der Waals surface area contributed by atoms with Gasteiger partial charge in [0.2, 0.25) is 5.91 Å². The number of amides is 1. The number of aromatic nitrogens is 3. The Bertz CT molecular complexity index is 1030. The summed E-state index contributed by atoms with van der Waals surface area (Å²) in [5.41, 5.74) is 4.30. The molecule has 1 aliphatic carbocycles. The summed E-state index contributed by atoms with van der Waals surface area (Å²) < 4.78 is 13.0. The Morgan fingerprint density at radius 1 is 1.03 bits per heavy atom. The molecule has 7 heteroatoms. The molecule has 1 aliphatic heterocycles. The van der Waals surface area contributed by atoms with E-state index in [1.54, 1.807) is 4.68 Å². The lowest BCUT2D eigenvalue weighted by Gasteiger charge is -2.31. The Morgan fingerprint density at radius 2 is 1.77 bits per heavy atom. The fourth-order valence-electron chi connectivity index (χ4n) is 4.37. The highest BCUT2D eigenvalue weighted by Crippen LogP contribution is 2.27. The Labute approximate surface area is 181 Å². The summed E-state index contributed by atoms with van der Waals surface area (Å²) in [7, 11) is 0. The SMILES string of the molecule is O=C([C@H]1CCc2ccccc2C1)N(Cc1cn(-c2ccccc2)nn1)CC1OCCO1. The van der Waals surface area contributed by atoms with Crippen molar-refractivity contribution in [2.24, 2.45) is 5.92 Å². The van der Waals surface area contributed by atoms with Crippen LogP contribution in [0.1, 0.15) is 23.2 Å². The van der Waals surface area contributed by atoms with E-state index < -0.39 is 0 Å². The minimum absolute atomic E-state index is 0.0412. The largest absolute Gasteiger partial charge is 0.348 e. The van der Waals surface area contributed by atoms with Gasteiger partial charge in [-0.25, -0.2) is 4.68 Å². The van der Waals surface area contributed by atoms with Crippen LogP contribution in [0.3, 0.4) is 0 Å². The van der Waals surface area contributed by atoms with Crippen molar-refractivity contribution in [3.05, 3.63) is 77.6 Å². The Hall–Kier alpha value is -3.03. The van der Waals surface area contributed by atoms with Crippen molar-refractivity contribution in [3.63, 3.8) is 0 Å². The Balaban J connectivity index is 1.33. The average molecular weight is 418 g/mol.